The molecule has 0 saturated carbocycles. The summed E-state index contributed by atoms with van der Waals surface area (Å²) in [5, 5.41) is 0. The summed E-state index contributed by atoms with van der Waals surface area (Å²) in [4.78, 5) is 4.09. The lowest BCUT2D eigenvalue weighted by atomic mass is 10.1. The highest BCUT2D eigenvalue weighted by Gasteiger charge is 2.03. The quantitative estimate of drug-likeness (QED) is 0.852. The van der Waals surface area contributed by atoms with Gasteiger partial charge in [-0.25, -0.2) is 4.98 Å². The van der Waals surface area contributed by atoms with E-state index in [9.17, 15) is 0 Å². The van der Waals surface area contributed by atoms with Crippen molar-refractivity contribution in [2.75, 3.05) is 5.73 Å². The molecule has 0 amide bonds. The summed E-state index contributed by atoms with van der Waals surface area (Å²) in [6.45, 7) is 2.12. The van der Waals surface area contributed by atoms with Gasteiger partial charge in [0.1, 0.15) is 0 Å². The molecule has 0 fully saturated rings. The van der Waals surface area contributed by atoms with Gasteiger partial charge in [0.05, 0.1) is 6.20 Å². The first-order chi connectivity index (χ1) is 7.66. The maximum Gasteiger partial charge on any atom is 0.200 e. The van der Waals surface area contributed by atoms with Gasteiger partial charge in [-0.3, -0.25) is 0 Å². The number of imidazole rings is 1. The van der Waals surface area contributed by atoms with Gasteiger partial charge in [0.15, 0.2) is 5.95 Å². The van der Waals surface area contributed by atoms with E-state index in [1.165, 1.54) is 16.8 Å². The number of hydrogen-bond donors (Lipinski definition) is 1. The van der Waals surface area contributed by atoms with Gasteiger partial charge in [0.2, 0.25) is 0 Å². The van der Waals surface area contributed by atoms with Crippen molar-refractivity contribution in [3.63, 3.8) is 0 Å². The van der Waals surface area contributed by atoms with E-state index in [4.69, 9.17) is 5.73 Å². The Labute approximate surface area is 95.9 Å². The first-order valence-electron chi connectivity index (χ1n) is 5.48. The van der Waals surface area contributed by atoms with E-state index >= 15 is 0 Å². The van der Waals surface area contributed by atoms with Crippen LogP contribution in [0.2, 0.25) is 0 Å². The van der Waals surface area contributed by atoms with Crippen molar-refractivity contribution in [1.82, 2.24) is 9.55 Å². The Morgan fingerprint density at radius 3 is 2.75 bits per heavy atom. The highest BCUT2D eigenvalue weighted by molar-refractivity contribution is 5.25. The Bertz CT molecular complexity index is 486. The van der Waals surface area contributed by atoms with E-state index in [1.807, 2.05) is 17.8 Å². The second-order valence-electron chi connectivity index (χ2n) is 4.16. The van der Waals surface area contributed by atoms with Crippen molar-refractivity contribution in [2.45, 2.75) is 19.8 Å². The van der Waals surface area contributed by atoms with E-state index < -0.39 is 0 Å². The number of nitrogens with zero attached hydrogens (tertiary/aromatic N) is 2. The predicted molar refractivity (Wildman–Crippen MR) is 66.2 cm³/mol. The number of benzene rings is 1. The lowest BCUT2D eigenvalue weighted by molar-refractivity contribution is 0.807. The summed E-state index contributed by atoms with van der Waals surface area (Å²) in [5.41, 5.74) is 9.53. The molecule has 1 aromatic heterocycles. The monoisotopic (exact) mass is 215 g/mol. The maximum atomic E-state index is 5.69. The van der Waals surface area contributed by atoms with Crippen LogP contribution in [0.5, 0.6) is 0 Å². The lowest BCUT2D eigenvalue weighted by Gasteiger charge is -2.04. The van der Waals surface area contributed by atoms with Crippen molar-refractivity contribution in [1.29, 1.82) is 0 Å². The highest BCUT2D eigenvalue weighted by Crippen LogP contribution is 2.10. The van der Waals surface area contributed by atoms with Crippen molar-refractivity contribution in [3.8, 4) is 0 Å². The van der Waals surface area contributed by atoms with Crippen LogP contribution in [-0.2, 0) is 19.9 Å². The zero-order valence-electron chi connectivity index (χ0n) is 9.77. The number of anilines is 1. The molecule has 2 aromatic rings. The van der Waals surface area contributed by atoms with E-state index in [0.29, 0.717) is 5.95 Å². The minimum absolute atomic E-state index is 0.583. The highest BCUT2D eigenvalue weighted by atomic mass is 15.1. The van der Waals surface area contributed by atoms with Crippen LogP contribution in [0.15, 0.2) is 30.5 Å². The van der Waals surface area contributed by atoms with Crippen LogP contribution >= 0.6 is 0 Å². The lowest BCUT2D eigenvalue weighted by Crippen LogP contribution is -2.02. The van der Waals surface area contributed by atoms with Gasteiger partial charge in [-0.15, -0.1) is 0 Å². The molecule has 0 unspecified atom stereocenters. The van der Waals surface area contributed by atoms with Gasteiger partial charge in [-0.05, 0) is 25.3 Å². The van der Waals surface area contributed by atoms with Crippen LogP contribution in [0.3, 0.4) is 0 Å². The van der Waals surface area contributed by atoms with Gasteiger partial charge in [-0.1, -0.05) is 29.8 Å². The summed E-state index contributed by atoms with van der Waals surface area (Å²) in [5.74, 6) is 0.583. The number of hydrogen-bond acceptors (Lipinski definition) is 2. The third kappa shape index (κ3) is 2.24. The molecule has 16 heavy (non-hydrogen) atoms. The van der Waals surface area contributed by atoms with E-state index in [-0.39, 0.29) is 0 Å². The Morgan fingerprint density at radius 1 is 1.31 bits per heavy atom. The third-order valence-corrected chi connectivity index (χ3v) is 2.87. The van der Waals surface area contributed by atoms with Crippen LogP contribution in [0.4, 0.5) is 5.95 Å². The molecule has 3 nitrogen and oxygen atoms in total. The van der Waals surface area contributed by atoms with Crippen molar-refractivity contribution in [2.24, 2.45) is 7.05 Å². The molecule has 2 N–H and O–H groups in total. The van der Waals surface area contributed by atoms with Crippen LogP contribution in [0, 0.1) is 6.92 Å². The van der Waals surface area contributed by atoms with Gasteiger partial charge < -0.3 is 10.3 Å². The van der Waals surface area contributed by atoms with E-state index in [0.717, 1.165) is 12.8 Å². The molecule has 0 atom stereocenters. The van der Waals surface area contributed by atoms with Gasteiger partial charge in [-0.2, -0.15) is 0 Å². The van der Waals surface area contributed by atoms with Crippen molar-refractivity contribution >= 4 is 5.95 Å². The minimum Gasteiger partial charge on any atom is -0.369 e. The second kappa shape index (κ2) is 4.39. The van der Waals surface area contributed by atoms with E-state index in [1.54, 1.807) is 0 Å². The van der Waals surface area contributed by atoms with Crippen LogP contribution in [0.25, 0.3) is 0 Å². The average molecular weight is 215 g/mol. The molecule has 0 spiro atoms. The molecule has 3 heteroatoms. The minimum atomic E-state index is 0.583. The molecule has 0 saturated heterocycles. The molecule has 0 radical (unpaired) electrons. The third-order valence-electron chi connectivity index (χ3n) is 2.87. The summed E-state index contributed by atoms with van der Waals surface area (Å²) in [6, 6.07) is 8.60. The summed E-state index contributed by atoms with van der Waals surface area (Å²) in [7, 11) is 1.95. The Morgan fingerprint density at radius 2 is 2.12 bits per heavy atom. The van der Waals surface area contributed by atoms with E-state index in [2.05, 4.69) is 36.2 Å². The van der Waals surface area contributed by atoms with Gasteiger partial charge in [0, 0.05) is 12.7 Å². The normalized spacial score (nSPS) is 10.6. The molecule has 2 rings (SSSR count). The van der Waals surface area contributed by atoms with Crippen molar-refractivity contribution in [3.05, 3.63) is 47.3 Å². The summed E-state index contributed by atoms with van der Waals surface area (Å²) >= 11 is 0. The SMILES string of the molecule is Cc1cccc(CCc2cnc(N)n2C)c1. The number of aromatic nitrogens is 2. The number of nitrogens with two attached hydrogens (primary N) is 1. The fourth-order valence-electron chi connectivity index (χ4n) is 1.83. The summed E-state index contributed by atoms with van der Waals surface area (Å²) in [6.07, 6.45) is 3.86. The zero-order chi connectivity index (χ0) is 11.5. The smallest absolute Gasteiger partial charge is 0.200 e. The first kappa shape index (κ1) is 10.7. The Balaban J connectivity index is 2.05. The summed E-state index contributed by atoms with van der Waals surface area (Å²) < 4.78 is 1.94. The first-order valence-corrected chi connectivity index (χ1v) is 5.48. The largest absolute Gasteiger partial charge is 0.369 e. The predicted octanol–water partition coefficient (Wildman–Crippen LogP) is 2.10. The fourth-order valence-corrected chi connectivity index (χ4v) is 1.83. The second-order valence-corrected chi connectivity index (χ2v) is 4.16. The van der Waals surface area contributed by atoms with Crippen LogP contribution in [-0.4, -0.2) is 9.55 Å². The number of aryl methyl sites for hydroxylation is 3. The molecule has 1 heterocycles. The standard InChI is InChI=1S/C13H17N3/c1-10-4-3-5-11(8-10)6-7-12-9-15-13(14)16(12)2/h3-5,8-9H,6-7H2,1-2H3,(H2,14,15). The van der Waals surface area contributed by atoms with Crippen LogP contribution < -0.4 is 5.73 Å². The molecule has 84 valence electrons. The molecular formula is C13H17N3. The zero-order valence-corrected chi connectivity index (χ0v) is 9.77. The van der Waals surface area contributed by atoms with Crippen molar-refractivity contribution < 1.29 is 0 Å². The topological polar surface area (TPSA) is 43.8 Å². The van der Waals surface area contributed by atoms with Gasteiger partial charge in [0.25, 0.3) is 0 Å². The molecule has 1 aromatic carbocycles. The van der Waals surface area contributed by atoms with Gasteiger partial charge >= 0.3 is 0 Å². The number of rotatable bonds is 3. The molecular weight excluding hydrogens is 198 g/mol. The average Bonchev–Trinajstić information content (AvgIpc) is 2.57. The Hall–Kier alpha value is -1.77. The number of nitrogen functional groups attached to an aromatic ring is 1. The molecule has 0 bridgehead atoms. The van der Waals surface area contributed by atoms with Crippen LogP contribution in [0.1, 0.15) is 16.8 Å². The Kier molecular flexibility index (Phi) is 2.95. The molecule has 0 aliphatic carbocycles. The molecule has 0 aliphatic heterocycles. The maximum absolute atomic E-state index is 5.69. The fraction of sp³-hybridized carbons (Fsp3) is 0.308. The molecule has 0 aliphatic rings.